The van der Waals surface area contributed by atoms with E-state index >= 15 is 0 Å². The van der Waals surface area contributed by atoms with Crippen LogP contribution in [0, 0.1) is 11.8 Å². The summed E-state index contributed by atoms with van der Waals surface area (Å²) < 4.78 is 6.34. The van der Waals surface area contributed by atoms with E-state index in [0.717, 1.165) is 29.7 Å². The van der Waals surface area contributed by atoms with E-state index in [1.54, 1.807) is 12.3 Å². The number of aromatic nitrogens is 1. The van der Waals surface area contributed by atoms with Gasteiger partial charge in [0.15, 0.2) is 0 Å². The van der Waals surface area contributed by atoms with Crippen molar-refractivity contribution in [3.8, 4) is 5.75 Å². The van der Waals surface area contributed by atoms with Gasteiger partial charge in [-0.3, -0.25) is 4.79 Å². The molecule has 2 heterocycles. The first-order valence-electron chi connectivity index (χ1n) is 7.93. The van der Waals surface area contributed by atoms with Crippen molar-refractivity contribution in [1.82, 2.24) is 4.98 Å². The molecular formula is C17H19ClN2O2S. The lowest BCUT2D eigenvalue weighted by Crippen LogP contribution is -2.50. The first kappa shape index (κ1) is 15.4. The largest absolute Gasteiger partial charge is 0.488 e. The molecule has 2 aromatic rings. The van der Waals surface area contributed by atoms with Gasteiger partial charge in [0.2, 0.25) is 0 Å². The van der Waals surface area contributed by atoms with Gasteiger partial charge < -0.3 is 15.5 Å². The SMILES string of the molecule is NC1C[C@H]2CSC[C@@H](C1)C2Oc1cc2cc[nH]c(=O)c2cc1Cl. The fraction of sp³-hybridized carbons (Fsp3) is 0.471. The monoisotopic (exact) mass is 350 g/mol. The molecule has 3 N–H and O–H groups in total. The van der Waals surface area contributed by atoms with Gasteiger partial charge in [0.1, 0.15) is 11.9 Å². The molecule has 4 rings (SSSR count). The Hall–Kier alpha value is -1.17. The number of pyridine rings is 1. The van der Waals surface area contributed by atoms with Gasteiger partial charge in [0, 0.05) is 29.5 Å². The lowest BCUT2D eigenvalue weighted by Gasteiger charge is -2.44. The highest BCUT2D eigenvalue weighted by atomic mass is 35.5. The molecule has 23 heavy (non-hydrogen) atoms. The minimum atomic E-state index is -0.132. The Labute approximate surface area is 143 Å². The second kappa shape index (κ2) is 6.04. The second-order valence-electron chi connectivity index (χ2n) is 6.55. The average Bonchev–Trinajstić information content (AvgIpc) is 2.50. The number of ether oxygens (including phenoxy) is 1. The maximum absolute atomic E-state index is 11.9. The predicted molar refractivity (Wildman–Crippen MR) is 95.5 cm³/mol. The first-order valence-corrected chi connectivity index (χ1v) is 9.46. The van der Waals surface area contributed by atoms with Crippen molar-refractivity contribution in [2.75, 3.05) is 11.5 Å². The van der Waals surface area contributed by atoms with Crippen LogP contribution in [0.2, 0.25) is 5.02 Å². The zero-order chi connectivity index (χ0) is 16.0. The van der Waals surface area contributed by atoms with E-state index < -0.39 is 0 Å². The highest BCUT2D eigenvalue weighted by Gasteiger charge is 2.41. The summed E-state index contributed by atoms with van der Waals surface area (Å²) in [7, 11) is 0. The predicted octanol–water partition coefficient (Wildman–Crippen LogP) is 3.03. The van der Waals surface area contributed by atoms with Crippen molar-refractivity contribution < 1.29 is 4.74 Å². The molecule has 1 aliphatic heterocycles. The lowest BCUT2D eigenvalue weighted by atomic mass is 9.77. The van der Waals surface area contributed by atoms with Crippen molar-refractivity contribution >= 4 is 34.1 Å². The van der Waals surface area contributed by atoms with E-state index in [4.69, 9.17) is 22.1 Å². The number of hydrogen-bond donors (Lipinski definition) is 2. The zero-order valence-corrected chi connectivity index (χ0v) is 14.2. The summed E-state index contributed by atoms with van der Waals surface area (Å²) in [4.78, 5) is 14.5. The third-order valence-electron chi connectivity index (χ3n) is 4.89. The minimum absolute atomic E-state index is 0.132. The number of halogens is 1. The molecule has 0 amide bonds. The number of benzene rings is 1. The van der Waals surface area contributed by atoms with Crippen LogP contribution in [0.4, 0.5) is 0 Å². The van der Waals surface area contributed by atoms with Crippen LogP contribution in [0.15, 0.2) is 29.2 Å². The summed E-state index contributed by atoms with van der Waals surface area (Å²) in [5, 5.41) is 1.93. The molecule has 1 aromatic carbocycles. The highest BCUT2D eigenvalue weighted by Crippen LogP contribution is 2.41. The molecule has 0 radical (unpaired) electrons. The number of thioether (sulfide) groups is 1. The molecular weight excluding hydrogens is 332 g/mol. The van der Waals surface area contributed by atoms with Gasteiger partial charge in [0.05, 0.1) is 5.02 Å². The molecule has 2 fully saturated rings. The minimum Gasteiger partial charge on any atom is -0.488 e. The Kier molecular flexibility index (Phi) is 4.03. The van der Waals surface area contributed by atoms with Crippen molar-refractivity contribution in [2.24, 2.45) is 17.6 Å². The highest BCUT2D eigenvalue weighted by molar-refractivity contribution is 7.99. The third-order valence-corrected chi connectivity index (χ3v) is 6.52. The molecule has 4 atom stereocenters. The Morgan fingerprint density at radius 1 is 1.26 bits per heavy atom. The van der Waals surface area contributed by atoms with Gasteiger partial charge in [-0.1, -0.05) is 11.6 Å². The van der Waals surface area contributed by atoms with Crippen molar-refractivity contribution in [1.29, 1.82) is 0 Å². The summed E-state index contributed by atoms with van der Waals surface area (Å²) in [5.74, 6) is 3.83. The van der Waals surface area contributed by atoms with Crippen LogP contribution in [0.3, 0.4) is 0 Å². The number of hydrogen-bond acceptors (Lipinski definition) is 4. The van der Waals surface area contributed by atoms with E-state index in [2.05, 4.69) is 4.98 Å². The number of H-pyrrole nitrogens is 1. The van der Waals surface area contributed by atoms with Crippen LogP contribution in [-0.2, 0) is 0 Å². The van der Waals surface area contributed by atoms with E-state index in [9.17, 15) is 4.79 Å². The Morgan fingerprint density at radius 3 is 2.74 bits per heavy atom. The van der Waals surface area contributed by atoms with Crippen LogP contribution < -0.4 is 16.0 Å². The molecule has 2 unspecified atom stereocenters. The maximum atomic E-state index is 11.9. The molecule has 6 heteroatoms. The third kappa shape index (κ3) is 2.86. The zero-order valence-electron chi connectivity index (χ0n) is 12.6. The van der Waals surface area contributed by atoms with E-state index in [1.807, 2.05) is 23.9 Å². The topological polar surface area (TPSA) is 68.1 Å². The molecule has 1 saturated heterocycles. The summed E-state index contributed by atoms with van der Waals surface area (Å²) in [6.07, 6.45) is 3.85. The van der Waals surface area contributed by atoms with Crippen LogP contribution >= 0.6 is 23.4 Å². The first-order chi connectivity index (χ1) is 11.1. The van der Waals surface area contributed by atoms with E-state index in [1.165, 1.54) is 0 Å². The van der Waals surface area contributed by atoms with Crippen molar-refractivity contribution in [3.63, 3.8) is 0 Å². The summed E-state index contributed by atoms with van der Waals surface area (Å²) in [6.45, 7) is 0. The summed E-state index contributed by atoms with van der Waals surface area (Å²) in [5.41, 5.74) is 6.04. The molecule has 1 aromatic heterocycles. The summed E-state index contributed by atoms with van der Waals surface area (Å²) in [6, 6.07) is 5.73. The molecule has 1 aliphatic carbocycles. The maximum Gasteiger partial charge on any atom is 0.255 e. The molecule has 0 spiro atoms. The molecule has 2 bridgehead atoms. The smallest absolute Gasteiger partial charge is 0.255 e. The molecule has 4 nitrogen and oxygen atoms in total. The van der Waals surface area contributed by atoms with Gasteiger partial charge in [0.25, 0.3) is 5.56 Å². The number of nitrogens with two attached hydrogens (primary N) is 1. The molecule has 2 aliphatic rings. The number of rotatable bonds is 2. The Morgan fingerprint density at radius 2 is 2.00 bits per heavy atom. The van der Waals surface area contributed by atoms with Crippen LogP contribution in [0.5, 0.6) is 5.75 Å². The van der Waals surface area contributed by atoms with Gasteiger partial charge in [-0.25, -0.2) is 0 Å². The van der Waals surface area contributed by atoms with Gasteiger partial charge in [-0.15, -0.1) is 0 Å². The van der Waals surface area contributed by atoms with Crippen LogP contribution in [0.25, 0.3) is 10.8 Å². The quantitative estimate of drug-likeness (QED) is 0.873. The fourth-order valence-electron chi connectivity index (χ4n) is 3.84. The van der Waals surface area contributed by atoms with Crippen molar-refractivity contribution in [2.45, 2.75) is 25.0 Å². The second-order valence-corrected chi connectivity index (χ2v) is 8.03. The lowest BCUT2D eigenvalue weighted by molar-refractivity contribution is 0.0469. The standard InChI is InChI=1S/C17H19ClN2O2S/c18-14-6-13-9(1-2-20-17(13)21)5-15(14)22-16-10-3-12(19)4-11(16)8-23-7-10/h1-2,5-6,10-12,16H,3-4,7-8,19H2,(H,20,21)/t10-,11+,12?,16?. The van der Waals surface area contributed by atoms with Crippen molar-refractivity contribution in [3.05, 3.63) is 39.8 Å². The van der Waals surface area contributed by atoms with E-state index in [-0.39, 0.29) is 17.7 Å². The van der Waals surface area contributed by atoms with Crippen LogP contribution in [0.1, 0.15) is 12.8 Å². The normalized spacial score (nSPS) is 30.3. The van der Waals surface area contributed by atoms with Gasteiger partial charge >= 0.3 is 0 Å². The molecule has 1 saturated carbocycles. The Balaban J connectivity index is 1.67. The number of nitrogens with one attached hydrogen (secondary N) is 1. The van der Waals surface area contributed by atoms with Gasteiger partial charge in [-0.2, -0.15) is 11.8 Å². The van der Waals surface area contributed by atoms with Gasteiger partial charge in [-0.05, 0) is 47.9 Å². The van der Waals surface area contributed by atoms with E-state index in [0.29, 0.717) is 28.0 Å². The molecule has 122 valence electrons. The fourth-order valence-corrected chi connectivity index (χ4v) is 5.44. The summed E-state index contributed by atoms with van der Waals surface area (Å²) >= 11 is 8.37. The number of fused-ring (bicyclic) bond motifs is 3. The number of aromatic amines is 1. The Bertz CT molecular complexity index is 780. The van der Waals surface area contributed by atoms with Crippen LogP contribution in [-0.4, -0.2) is 28.6 Å². The average molecular weight is 351 g/mol.